The highest BCUT2D eigenvalue weighted by Gasteiger charge is 2.05. The average Bonchev–Trinajstić information content (AvgIpc) is 1.85. The van der Waals surface area contributed by atoms with E-state index in [0.29, 0.717) is 10.8 Å². The van der Waals surface area contributed by atoms with Gasteiger partial charge in [0.05, 0.1) is 16.6 Å². The summed E-state index contributed by atoms with van der Waals surface area (Å²) >= 11 is 11.4. The molecule has 1 rings (SSSR count). The number of hydrogen-bond donors (Lipinski definition) is 0. The molecule has 0 atom stereocenters. The van der Waals surface area contributed by atoms with Crippen LogP contribution in [0.4, 0.5) is 0 Å². The molecule has 0 saturated heterocycles. The van der Waals surface area contributed by atoms with Crippen LogP contribution in [0.25, 0.3) is 0 Å². The largest absolute Gasteiger partial charge is 0.494 e. The van der Waals surface area contributed by atoms with Crippen LogP contribution in [-0.4, -0.2) is 7.11 Å². The molecule has 0 unspecified atom stereocenters. The van der Waals surface area contributed by atoms with Gasteiger partial charge in [0, 0.05) is 3.57 Å². The maximum Gasteiger partial charge on any atom is 0.151 e. The summed E-state index contributed by atoms with van der Waals surface area (Å²) in [4.78, 5) is 0. The lowest BCUT2D eigenvalue weighted by molar-refractivity contribution is 0.412. The van der Waals surface area contributed by atoms with Gasteiger partial charge in [-0.05, 0) is 50.7 Å². The van der Waals surface area contributed by atoms with Gasteiger partial charge in [0.15, 0.2) is 5.75 Å². The predicted octanol–water partition coefficient (Wildman–Crippen LogP) is 3.72. The van der Waals surface area contributed by atoms with Crippen LogP contribution >= 0.6 is 50.1 Å². The van der Waals surface area contributed by atoms with Gasteiger partial charge < -0.3 is 4.74 Å². The minimum Gasteiger partial charge on any atom is -0.494 e. The first-order chi connectivity index (χ1) is 5.15. The van der Waals surface area contributed by atoms with Gasteiger partial charge in [0.25, 0.3) is 0 Å². The molecule has 0 amide bonds. The lowest BCUT2D eigenvalue weighted by Gasteiger charge is -2.05. The summed E-state index contributed by atoms with van der Waals surface area (Å²) in [6.07, 6.45) is 0. The summed E-state index contributed by atoms with van der Waals surface area (Å²) in [7, 11) is 1.60. The van der Waals surface area contributed by atoms with Crippen molar-refractivity contribution in [3.63, 3.8) is 0 Å². The van der Waals surface area contributed by atoms with E-state index in [1.165, 1.54) is 0 Å². The van der Waals surface area contributed by atoms with Gasteiger partial charge in [-0.3, -0.25) is 0 Å². The lowest BCUT2D eigenvalue weighted by Crippen LogP contribution is -1.86. The molecule has 0 spiro atoms. The maximum absolute atomic E-state index is 5.88. The van der Waals surface area contributed by atoms with Crippen molar-refractivity contribution in [2.75, 3.05) is 7.11 Å². The number of rotatable bonds is 1. The van der Waals surface area contributed by atoms with E-state index in [9.17, 15) is 0 Å². The third-order valence-electron chi connectivity index (χ3n) is 1.17. The van der Waals surface area contributed by atoms with Gasteiger partial charge in [0.1, 0.15) is 0 Å². The summed E-state index contributed by atoms with van der Waals surface area (Å²) in [6, 6.07) is 3.80. The van der Waals surface area contributed by atoms with Crippen molar-refractivity contribution in [2.24, 2.45) is 0 Å². The predicted molar refractivity (Wildman–Crippen MR) is 58.4 cm³/mol. The number of methoxy groups -OCH3 is 1. The van der Waals surface area contributed by atoms with Crippen LogP contribution in [0.2, 0.25) is 5.02 Å². The van der Waals surface area contributed by atoms with E-state index in [4.69, 9.17) is 16.3 Å². The summed E-state index contributed by atoms with van der Waals surface area (Å²) in [5, 5.41) is 0.631. The Labute approximate surface area is 92.3 Å². The Balaban J connectivity index is 3.25. The Morgan fingerprint density at radius 1 is 1.55 bits per heavy atom. The molecule has 0 fully saturated rings. The highest BCUT2D eigenvalue weighted by atomic mass is 127. The molecule has 4 heteroatoms. The molecule has 0 saturated carbocycles. The van der Waals surface area contributed by atoms with E-state index >= 15 is 0 Å². The monoisotopic (exact) mass is 346 g/mol. The van der Waals surface area contributed by atoms with Crippen LogP contribution in [0, 0.1) is 3.57 Å². The molecule has 0 bridgehead atoms. The van der Waals surface area contributed by atoms with Gasteiger partial charge in [0.2, 0.25) is 0 Å². The lowest BCUT2D eigenvalue weighted by atomic mass is 10.3. The Morgan fingerprint density at radius 3 is 2.64 bits per heavy atom. The summed E-state index contributed by atoms with van der Waals surface area (Å²) in [5.74, 6) is 0.687. The first-order valence-corrected chi connectivity index (χ1v) is 5.08. The second-order valence-corrected chi connectivity index (χ2v) is 4.41. The molecule has 1 aromatic rings. The highest BCUT2D eigenvalue weighted by Crippen LogP contribution is 2.34. The minimum atomic E-state index is 0.631. The standard InChI is InChI=1S/C7H5BrClIO/c1-11-7-5(8)2-4(10)3-6(7)9/h2-3H,1H3. The normalized spacial score (nSPS) is 9.82. The number of hydrogen-bond acceptors (Lipinski definition) is 1. The number of ether oxygens (including phenoxy) is 1. The fourth-order valence-corrected chi connectivity index (χ4v) is 2.99. The van der Waals surface area contributed by atoms with Crippen LogP contribution in [-0.2, 0) is 0 Å². The third-order valence-corrected chi connectivity index (χ3v) is 2.66. The molecule has 0 aliphatic rings. The van der Waals surface area contributed by atoms with Crippen LogP contribution in [0.15, 0.2) is 16.6 Å². The molecule has 0 aromatic heterocycles. The minimum absolute atomic E-state index is 0.631. The van der Waals surface area contributed by atoms with Crippen LogP contribution in [0.1, 0.15) is 0 Å². The first-order valence-electron chi connectivity index (χ1n) is 2.83. The molecule has 60 valence electrons. The Kier molecular flexibility index (Phi) is 3.46. The zero-order valence-electron chi connectivity index (χ0n) is 5.70. The Bertz CT molecular complexity index is 254. The number of benzene rings is 1. The quantitative estimate of drug-likeness (QED) is 0.704. The first kappa shape index (κ1) is 9.61. The van der Waals surface area contributed by atoms with Crippen LogP contribution < -0.4 is 4.74 Å². The van der Waals surface area contributed by atoms with Gasteiger partial charge in [-0.2, -0.15) is 0 Å². The number of halogens is 3. The van der Waals surface area contributed by atoms with Gasteiger partial charge in [-0.25, -0.2) is 0 Å². The van der Waals surface area contributed by atoms with Crippen molar-refractivity contribution in [1.82, 2.24) is 0 Å². The fraction of sp³-hybridized carbons (Fsp3) is 0.143. The van der Waals surface area contributed by atoms with Crippen LogP contribution in [0.3, 0.4) is 0 Å². The summed E-state index contributed by atoms with van der Waals surface area (Å²) < 4.78 is 7.02. The zero-order valence-corrected chi connectivity index (χ0v) is 10.2. The van der Waals surface area contributed by atoms with Crippen molar-refractivity contribution in [1.29, 1.82) is 0 Å². The van der Waals surface area contributed by atoms with Gasteiger partial charge >= 0.3 is 0 Å². The van der Waals surface area contributed by atoms with Crippen molar-refractivity contribution in [2.45, 2.75) is 0 Å². The molecule has 0 aliphatic heterocycles. The Hall–Kier alpha value is 0.520. The van der Waals surface area contributed by atoms with Crippen molar-refractivity contribution < 1.29 is 4.74 Å². The molecule has 0 N–H and O–H groups in total. The van der Waals surface area contributed by atoms with Crippen molar-refractivity contribution in [3.05, 3.63) is 25.2 Å². The van der Waals surface area contributed by atoms with E-state index in [-0.39, 0.29) is 0 Å². The molecule has 1 nitrogen and oxygen atoms in total. The van der Waals surface area contributed by atoms with E-state index in [1.54, 1.807) is 7.11 Å². The molecular weight excluding hydrogens is 342 g/mol. The van der Waals surface area contributed by atoms with Gasteiger partial charge in [-0.1, -0.05) is 11.6 Å². The van der Waals surface area contributed by atoms with Crippen molar-refractivity contribution in [3.8, 4) is 5.75 Å². The van der Waals surface area contributed by atoms with E-state index in [2.05, 4.69) is 38.5 Å². The SMILES string of the molecule is COc1c(Cl)cc(I)cc1Br. The summed E-state index contributed by atoms with van der Waals surface area (Å²) in [6.45, 7) is 0. The zero-order chi connectivity index (χ0) is 8.43. The Morgan fingerprint density at radius 2 is 2.18 bits per heavy atom. The van der Waals surface area contributed by atoms with Crippen LogP contribution in [0.5, 0.6) is 5.75 Å². The highest BCUT2D eigenvalue weighted by molar-refractivity contribution is 14.1. The third kappa shape index (κ3) is 2.23. The van der Waals surface area contributed by atoms with E-state index in [0.717, 1.165) is 8.04 Å². The average molecular weight is 347 g/mol. The molecule has 0 radical (unpaired) electrons. The van der Waals surface area contributed by atoms with E-state index in [1.807, 2.05) is 12.1 Å². The maximum atomic E-state index is 5.88. The second kappa shape index (κ2) is 3.96. The molecular formula is C7H5BrClIO. The topological polar surface area (TPSA) is 9.23 Å². The molecule has 11 heavy (non-hydrogen) atoms. The van der Waals surface area contributed by atoms with Gasteiger partial charge in [-0.15, -0.1) is 0 Å². The molecule has 1 aromatic carbocycles. The molecule has 0 heterocycles. The second-order valence-electron chi connectivity index (χ2n) is 1.90. The fourth-order valence-electron chi connectivity index (χ4n) is 0.724. The summed E-state index contributed by atoms with van der Waals surface area (Å²) in [5.41, 5.74) is 0. The van der Waals surface area contributed by atoms with E-state index < -0.39 is 0 Å². The van der Waals surface area contributed by atoms with Crippen molar-refractivity contribution >= 4 is 50.1 Å². The molecule has 0 aliphatic carbocycles. The smallest absolute Gasteiger partial charge is 0.151 e.